The molecule has 0 bridgehead atoms. The maximum Gasteiger partial charge on any atom is 0.491 e. The lowest BCUT2D eigenvalue weighted by Gasteiger charge is -2.31. The molecule has 1 amide bonds. The van der Waals surface area contributed by atoms with E-state index in [0.717, 1.165) is 43.7 Å². The van der Waals surface area contributed by atoms with Gasteiger partial charge in [-0.15, -0.1) is 0 Å². The molecule has 3 fully saturated rings. The Morgan fingerprint density at radius 2 is 1.77 bits per heavy atom. The first kappa shape index (κ1) is 32.9. The highest BCUT2D eigenvalue weighted by Gasteiger charge is 2.45. The number of carbonyl (C=O) groups is 3. The fourth-order valence-electron chi connectivity index (χ4n) is 5.98. The number of amides is 1. The fraction of sp³-hybridized carbons (Fsp3) is 0.469. The third kappa shape index (κ3) is 7.59. The Morgan fingerprint density at radius 1 is 1.02 bits per heavy atom. The molecule has 3 aromatic rings. The van der Waals surface area contributed by atoms with Gasteiger partial charge in [0.15, 0.2) is 0 Å². The maximum absolute atomic E-state index is 15.4. The van der Waals surface area contributed by atoms with Crippen molar-refractivity contribution in [3.05, 3.63) is 64.3 Å². The molecule has 0 unspecified atom stereocenters. The van der Waals surface area contributed by atoms with Crippen molar-refractivity contribution in [2.24, 2.45) is 5.92 Å². The highest BCUT2D eigenvalue weighted by atomic mass is 35.5. The molecule has 1 saturated carbocycles. The number of esters is 2. The van der Waals surface area contributed by atoms with Crippen molar-refractivity contribution in [1.82, 2.24) is 19.9 Å². The molecule has 15 heteroatoms. The molecule has 1 aromatic heterocycles. The van der Waals surface area contributed by atoms with Gasteiger partial charge in [-0.05, 0) is 87.2 Å². The molecular formula is C32H31ClF4N4O6. The molecule has 3 aliphatic rings. The van der Waals surface area contributed by atoms with Crippen molar-refractivity contribution in [3.63, 3.8) is 0 Å². The molecular weight excluding hydrogens is 648 g/mol. The van der Waals surface area contributed by atoms with Crippen LogP contribution in [0.15, 0.2) is 40.9 Å². The van der Waals surface area contributed by atoms with E-state index in [4.69, 9.17) is 20.9 Å². The van der Waals surface area contributed by atoms with Gasteiger partial charge in [0, 0.05) is 18.2 Å². The van der Waals surface area contributed by atoms with Crippen molar-refractivity contribution in [2.75, 3.05) is 26.2 Å². The van der Waals surface area contributed by atoms with Gasteiger partial charge in [-0.3, -0.25) is 9.69 Å². The average Bonchev–Trinajstić information content (AvgIpc) is 3.57. The minimum atomic E-state index is -5.36. The first-order chi connectivity index (χ1) is 22.5. The van der Waals surface area contributed by atoms with Crippen LogP contribution in [-0.2, 0) is 20.9 Å². The van der Waals surface area contributed by atoms with E-state index in [-0.39, 0.29) is 36.8 Å². The molecule has 2 aromatic carbocycles. The second-order valence-corrected chi connectivity index (χ2v) is 12.4. The zero-order valence-corrected chi connectivity index (χ0v) is 25.9. The molecule has 2 saturated heterocycles. The number of hydrogen-bond acceptors (Lipinski definition) is 9. The van der Waals surface area contributed by atoms with Crippen LogP contribution in [0.5, 0.6) is 5.75 Å². The number of ether oxygens (including phenoxy) is 2. The minimum absolute atomic E-state index is 0.00297. The molecule has 0 N–H and O–H groups in total. The molecule has 2 aliphatic heterocycles. The normalized spacial score (nSPS) is 19.2. The number of aromatic nitrogens is 2. The van der Waals surface area contributed by atoms with Crippen LogP contribution in [0.25, 0.3) is 11.4 Å². The van der Waals surface area contributed by atoms with Gasteiger partial charge >= 0.3 is 18.1 Å². The number of rotatable bonds is 9. The minimum Gasteiger partial charge on any atom is -0.493 e. The van der Waals surface area contributed by atoms with Gasteiger partial charge in [0.1, 0.15) is 17.6 Å². The summed E-state index contributed by atoms with van der Waals surface area (Å²) in [5.74, 6) is -4.34. The number of halogens is 5. The van der Waals surface area contributed by atoms with Gasteiger partial charge < -0.3 is 18.9 Å². The zero-order chi connectivity index (χ0) is 33.3. The summed E-state index contributed by atoms with van der Waals surface area (Å²) in [6.07, 6.45) is -1.77. The van der Waals surface area contributed by atoms with Gasteiger partial charge in [0.05, 0.1) is 23.7 Å². The SMILES string of the molecule is O=C(OC(=O)C(F)(F)F)[C@@H]1CCCN1C(=O)c1cc(C2CC2)c(OCC2CCN(Cc3nc(-c4ccccc4Cl)no3)CC2)cc1F. The topological polar surface area (TPSA) is 115 Å². The fourth-order valence-corrected chi connectivity index (χ4v) is 6.20. The van der Waals surface area contributed by atoms with Crippen LogP contribution >= 0.6 is 11.6 Å². The summed E-state index contributed by atoms with van der Waals surface area (Å²) in [4.78, 5) is 44.5. The number of nitrogens with zero attached hydrogens (tertiary/aromatic N) is 4. The third-order valence-electron chi connectivity index (χ3n) is 8.68. The predicted octanol–water partition coefficient (Wildman–Crippen LogP) is 5.93. The molecule has 3 heterocycles. The summed E-state index contributed by atoms with van der Waals surface area (Å²) >= 11 is 6.24. The smallest absolute Gasteiger partial charge is 0.491 e. The molecule has 6 rings (SSSR count). The Hall–Kier alpha value is -4.04. The van der Waals surface area contributed by atoms with Gasteiger partial charge in [0.25, 0.3) is 5.91 Å². The highest BCUT2D eigenvalue weighted by molar-refractivity contribution is 6.33. The predicted molar refractivity (Wildman–Crippen MR) is 158 cm³/mol. The lowest BCUT2D eigenvalue weighted by molar-refractivity contribution is -0.203. The standard InChI is InChI=1S/C32H31ClF4N4O6/c33-23-5-2-1-4-20(23)28-38-27(47-39-28)16-40-12-9-18(10-13-40)17-45-26-15-24(34)22(14-21(26)19-7-8-19)29(42)41-11-3-6-25(41)30(43)46-31(44)32(35,36)37/h1-2,4-5,14-15,18-19,25H,3,6-13,16-17H2/t25-/m0/s1. The summed E-state index contributed by atoms with van der Waals surface area (Å²) in [6.45, 7) is 2.38. The van der Waals surface area contributed by atoms with Crippen molar-refractivity contribution in [1.29, 1.82) is 0 Å². The van der Waals surface area contributed by atoms with E-state index in [1.54, 1.807) is 6.07 Å². The number of carbonyl (C=O) groups excluding carboxylic acids is 3. The number of hydrogen-bond donors (Lipinski definition) is 0. The second-order valence-electron chi connectivity index (χ2n) is 12.0. The Bertz CT molecular complexity index is 1650. The average molecular weight is 679 g/mol. The monoisotopic (exact) mass is 678 g/mol. The molecule has 47 heavy (non-hydrogen) atoms. The van der Waals surface area contributed by atoms with Crippen LogP contribution in [0.1, 0.15) is 66.3 Å². The van der Waals surface area contributed by atoms with Crippen molar-refractivity contribution in [2.45, 2.75) is 63.2 Å². The molecule has 1 atom stereocenters. The molecule has 0 spiro atoms. The summed E-state index contributed by atoms with van der Waals surface area (Å²) in [5.41, 5.74) is 1.05. The summed E-state index contributed by atoms with van der Waals surface area (Å²) < 4.78 is 68.7. The van der Waals surface area contributed by atoms with Crippen LogP contribution in [-0.4, -0.2) is 76.2 Å². The van der Waals surface area contributed by atoms with E-state index in [2.05, 4.69) is 19.8 Å². The van der Waals surface area contributed by atoms with Crippen molar-refractivity contribution in [3.8, 4) is 17.1 Å². The van der Waals surface area contributed by atoms with Gasteiger partial charge in [-0.25, -0.2) is 14.0 Å². The van der Waals surface area contributed by atoms with E-state index < -0.39 is 35.9 Å². The van der Waals surface area contributed by atoms with Gasteiger partial charge in [-0.1, -0.05) is 28.9 Å². The van der Waals surface area contributed by atoms with E-state index in [1.165, 1.54) is 12.1 Å². The van der Waals surface area contributed by atoms with E-state index >= 15 is 4.39 Å². The molecule has 1 aliphatic carbocycles. The van der Waals surface area contributed by atoms with Crippen LogP contribution in [0.4, 0.5) is 17.6 Å². The summed E-state index contributed by atoms with van der Waals surface area (Å²) in [6, 6.07) is 8.41. The Labute approximate surface area is 271 Å². The lowest BCUT2D eigenvalue weighted by Crippen LogP contribution is -2.43. The first-order valence-electron chi connectivity index (χ1n) is 15.4. The van der Waals surface area contributed by atoms with E-state index in [9.17, 15) is 27.6 Å². The number of alkyl halides is 3. The Morgan fingerprint density at radius 3 is 2.47 bits per heavy atom. The summed E-state index contributed by atoms with van der Waals surface area (Å²) in [5, 5.41) is 4.59. The van der Waals surface area contributed by atoms with Crippen molar-refractivity contribution >= 4 is 29.4 Å². The Balaban J connectivity index is 1.05. The maximum atomic E-state index is 15.4. The molecule has 10 nitrogen and oxygen atoms in total. The molecule has 0 radical (unpaired) electrons. The quantitative estimate of drug-likeness (QED) is 0.154. The van der Waals surface area contributed by atoms with Crippen LogP contribution in [0, 0.1) is 11.7 Å². The van der Waals surface area contributed by atoms with Crippen LogP contribution in [0.2, 0.25) is 5.02 Å². The van der Waals surface area contributed by atoms with Gasteiger partial charge in [-0.2, -0.15) is 18.2 Å². The highest BCUT2D eigenvalue weighted by Crippen LogP contribution is 2.45. The lowest BCUT2D eigenvalue weighted by atomic mass is 9.97. The zero-order valence-electron chi connectivity index (χ0n) is 25.1. The number of piperidine rings is 1. The number of likely N-dealkylation sites (tertiary alicyclic amines) is 2. The Kier molecular flexibility index (Phi) is 9.51. The largest absolute Gasteiger partial charge is 0.493 e. The van der Waals surface area contributed by atoms with Gasteiger partial charge in [0.2, 0.25) is 11.7 Å². The van der Waals surface area contributed by atoms with Crippen LogP contribution < -0.4 is 4.74 Å². The van der Waals surface area contributed by atoms with E-state index in [1.807, 2.05) is 18.2 Å². The number of benzene rings is 2. The second kappa shape index (κ2) is 13.6. The van der Waals surface area contributed by atoms with Crippen LogP contribution in [0.3, 0.4) is 0 Å². The first-order valence-corrected chi connectivity index (χ1v) is 15.8. The third-order valence-corrected chi connectivity index (χ3v) is 9.01. The molecule has 250 valence electrons. The summed E-state index contributed by atoms with van der Waals surface area (Å²) in [7, 11) is 0. The van der Waals surface area contributed by atoms with E-state index in [0.29, 0.717) is 46.8 Å². The van der Waals surface area contributed by atoms with Crippen molar-refractivity contribution < 1.29 is 45.9 Å².